The summed E-state index contributed by atoms with van der Waals surface area (Å²) in [5.41, 5.74) is 2.26. The number of nitrogens with one attached hydrogen (secondary N) is 1. The zero-order valence-corrected chi connectivity index (χ0v) is 10.3. The molecule has 0 aliphatic carbocycles. The van der Waals surface area contributed by atoms with Gasteiger partial charge in [-0.05, 0) is 25.5 Å². The number of aryl methyl sites for hydroxylation is 2. The van der Waals surface area contributed by atoms with Gasteiger partial charge in [-0.25, -0.2) is 0 Å². The highest BCUT2D eigenvalue weighted by atomic mass is 16.5. The second-order valence-corrected chi connectivity index (χ2v) is 3.94. The minimum Gasteiger partial charge on any atom is -0.493 e. The molecule has 94 valence electrons. The minimum atomic E-state index is -0.108. The summed E-state index contributed by atoms with van der Waals surface area (Å²) in [6.45, 7) is 4.61. The van der Waals surface area contributed by atoms with Crippen LogP contribution in [0.25, 0.3) is 0 Å². The van der Waals surface area contributed by atoms with Crippen molar-refractivity contribution in [1.82, 2.24) is 5.32 Å². The zero-order chi connectivity index (χ0) is 12.7. The highest BCUT2D eigenvalue weighted by Gasteiger charge is 2.03. The Hall–Kier alpha value is -1.55. The fourth-order valence-electron chi connectivity index (χ4n) is 1.50. The fraction of sp³-hybridized carbons (Fsp3) is 0.462. The predicted octanol–water partition coefficient (Wildman–Crippen LogP) is 1.18. The lowest BCUT2D eigenvalue weighted by Crippen LogP contribution is -2.27. The third-order valence-corrected chi connectivity index (χ3v) is 2.35. The Morgan fingerprint density at radius 3 is 2.82 bits per heavy atom. The molecule has 0 aromatic heterocycles. The SMILES string of the molecule is Cc1ccc(OCCC(=O)NCCO)c(C)c1. The molecule has 2 N–H and O–H groups in total. The molecule has 0 saturated heterocycles. The smallest absolute Gasteiger partial charge is 0.223 e. The first kappa shape index (κ1) is 13.5. The van der Waals surface area contributed by atoms with Gasteiger partial charge in [-0.1, -0.05) is 17.7 Å². The summed E-state index contributed by atoms with van der Waals surface area (Å²) in [5.74, 6) is 0.703. The highest BCUT2D eigenvalue weighted by molar-refractivity contribution is 5.75. The van der Waals surface area contributed by atoms with Gasteiger partial charge in [-0.3, -0.25) is 4.79 Å². The van der Waals surface area contributed by atoms with Crippen molar-refractivity contribution in [3.8, 4) is 5.75 Å². The van der Waals surface area contributed by atoms with Crippen LogP contribution in [-0.4, -0.2) is 30.8 Å². The number of rotatable bonds is 6. The van der Waals surface area contributed by atoms with Gasteiger partial charge in [0.05, 0.1) is 19.6 Å². The Labute approximate surface area is 102 Å². The Bertz CT molecular complexity index is 377. The molecule has 0 fully saturated rings. The molecule has 0 atom stereocenters. The number of aliphatic hydroxyl groups excluding tert-OH is 1. The van der Waals surface area contributed by atoms with Crippen LogP contribution in [0, 0.1) is 13.8 Å². The number of hydrogen-bond acceptors (Lipinski definition) is 3. The van der Waals surface area contributed by atoms with Crippen LogP contribution in [0.4, 0.5) is 0 Å². The largest absolute Gasteiger partial charge is 0.493 e. The van der Waals surface area contributed by atoms with Gasteiger partial charge in [-0.15, -0.1) is 0 Å². The van der Waals surface area contributed by atoms with Gasteiger partial charge in [0.1, 0.15) is 5.75 Å². The number of aliphatic hydroxyl groups is 1. The van der Waals surface area contributed by atoms with E-state index in [-0.39, 0.29) is 12.5 Å². The number of amides is 1. The van der Waals surface area contributed by atoms with Crippen LogP contribution in [0.3, 0.4) is 0 Å². The lowest BCUT2D eigenvalue weighted by atomic mass is 10.1. The predicted molar refractivity (Wildman–Crippen MR) is 66.1 cm³/mol. The van der Waals surface area contributed by atoms with E-state index in [0.29, 0.717) is 19.6 Å². The molecule has 4 nitrogen and oxygen atoms in total. The van der Waals surface area contributed by atoms with Crippen LogP contribution in [0.2, 0.25) is 0 Å². The standard InChI is InChI=1S/C13H19NO3/c1-10-3-4-12(11(2)9-10)17-8-5-13(16)14-6-7-15/h3-4,9,15H,5-8H2,1-2H3,(H,14,16). The van der Waals surface area contributed by atoms with E-state index in [1.807, 2.05) is 32.0 Å². The van der Waals surface area contributed by atoms with Gasteiger partial charge in [0.2, 0.25) is 5.91 Å². The van der Waals surface area contributed by atoms with Gasteiger partial charge in [0.25, 0.3) is 0 Å². The Morgan fingerprint density at radius 2 is 2.18 bits per heavy atom. The van der Waals surface area contributed by atoms with Crippen LogP contribution in [-0.2, 0) is 4.79 Å². The summed E-state index contributed by atoms with van der Waals surface area (Å²) >= 11 is 0. The molecular weight excluding hydrogens is 218 g/mol. The fourth-order valence-corrected chi connectivity index (χ4v) is 1.50. The molecule has 0 radical (unpaired) electrons. The topological polar surface area (TPSA) is 58.6 Å². The number of ether oxygens (including phenoxy) is 1. The average Bonchev–Trinajstić information content (AvgIpc) is 2.29. The van der Waals surface area contributed by atoms with Crippen molar-refractivity contribution in [2.75, 3.05) is 19.8 Å². The number of benzene rings is 1. The van der Waals surface area contributed by atoms with Crippen molar-refractivity contribution < 1.29 is 14.6 Å². The van der Waals surface area contributed by atoms with E-state index in [0.717, 1.165) is 11.3 Å². The number of hydrogen-bond donors (Lipinski definition) is 2. The highest BCUT2D eigenvalue weighted by Crippen LogP contribution is 2.18. The summed E-state index contributed by atoms with van der Waals surface area (Å²) in [7, 11) is 0. The van der Waals surface area contributed by atoms with Crippen LogP contribution in [0.1, 0.15) is 17.5 Å². The molecule has 17 heavy (non-hydrogen) atoms. The maximum Gasteiger partial charge on any atom is 0.223 e. The van der Waals surface area contributed by atoms with Crippen LogP contribution in [0.5, 0.6) is 5.75 Å². The molecule has 0 saturated carbocycles. The summed E-state index contributed by atoms with van der Waals surface area (Å²) in [6.07, 6.45) is 0.299. The first-order valence-electron chi connectivity index (χ1n) is 5.71. The zero-order valence-electron chi connectivity index (χ0n) is 10.3. The van der Waals surface area contributed by atoms with E-state index >= 15 is 0 Å². The second kappa shape index (κ2) is 6.91. The minimum absolute atomic E-state index is 0.0380. The normalized spacial score (nSPS) is 10.1. The molecule has 0 aliphatic heterocycles. The third kappa shape index (κ3) is 4.87. The molecule has 4 heteroatoms. The van der Waals surface area contributed by atoms with Crippen molar-refractivity contribution in [1.29, 1.82) is 0 Å². The van der Waals surface area contributed by atoms with E-state index in [9.17, 15) is 4.79 Å². The summed E-state index contributed by atoms with van der Waals surface area (Å²) in [5, 5.41) is 11.1. The lowest BCUT2D eigenvalue weighted by Gasteiger charge is -2.09. The average molecular weight is 237 g/mol. The van der Waals surface area contributed by atoms with Crippen molar-refractivity contribution in [2.45, 2.75) is 20.3 Å². The van der Waals surface area contributed by atoms with E-state index in [2.05, 4.69) is 5.32 Å². The Balaban J connectivity index is 2.33. The molecule has 0 heterocycles. The van der Waals surface area contributed by atoms with Gasteiger partial charge >= 0.3 is 0 Å². The first-order chi connectivity index (χ1) is 8.13. The first-order valence-corrected chi connectivity index (χ1v) is 5.71. The van der Waals surface area contributed by atoms with E-state index in [4.69, 9.17) is 9.84 Å². The molecule has 1 aromatic carbocycles. The van der Waals surface area contributed by atoms with Gasteiger partial charge in [0.15, 0.2) is 0 Å². The molecule has 0 spiro atoms. The summed E-state index contributed by atoms with van der Waals surface area (Å²) in [6, 6.07) is 5.94. The van der Waals surface area contributed by atoms with Gasteiger partial charge in [-0.2, -0.15) is 0 Å². The van der Waals surface area contributed by atoms with E-state index in [1.165, 1.54) is 5.56 Å². The lowest BCUT2D eigenvalue weighted by molar-refractivity contribution is -0.121. The van der Waals surface area contributed by atoms with E-state index in [1.54, 1.807) is 0 Å². The Morgan fingerprint density at radius 1 is 1.41 bits per heavy atom. The molecule has 1 rings (SSSR count). The molecule has 0 aliphatic rings. The molecule has 0 bridgehead atoms. The van der Waals surface area contributed by atoms with E-state index < -0.39 is 0 Å². The number of carbonyl (C=O) groups excluding carboxylic acids is 1. The van der Waals surface area contributed by atoms with Crippen LogP contribution in [0.15, 0.2) is 18.2 Å². The maximum absolute atomic E-state index is 11.2. The molecule has 1 amide bonds. The van der Waals surface area contributed by atoms with Gasteiger partial charge in [0, 0.05) is 6.54 Å². The summed E-state index contributed by atoms with van der Waals surface area (Å²) < 4.78 is 5.52. The van der Waals surface area contributed by atoms with Crippen molar-refractivity contribution >= 4 is 5.91 Å². The quantitative estimate of drug-likeness (QED) is 0.781. The number of carbonyl (C=O) groups is 1. The van der Waals surface area contributed by atoms with Crippen molar-refractivity contribution in [3.05, 3.63) is 29.3 Å². The molecule has 1 aromatic rings. The maximum atomic E-state index is 11.2. The Kier molecular flexibility index (Phi) is 5.49. The van der Waals surface area contributed by atoms with Gasteiger partial charge < -0.3 is 15.2 Å². The van der Waals surface area contributed by atoms with Crippen LogP contribution >= 0.6 is 0 Å². The van der Waals surface area contributed by atoms with Crippen molar-refractivity contribution in [3.63, 3.8) is 0 Å². The third-order valence-electron chi connectivity index (χ3n) is 2.35. The second-order valence-electron chi connectivity index (χ2n) is 3.94. The molecule has 0 unspecified atom stereocenters. The summed E-state index contributed by atoms with van der Waals surface area (Å²) in [4.78, 5) is 11.2. The van der Waals surface area contributed by atoms with Crippen LogP contribution < -0.4 is 10.1 Å². The van der Waals surface area contributed by atoms with Crippen molar-refractivity contribution in [2.24, 2.45) is 0 Å². The molecular formula is C13H19NO3. The monoisotopic (exact) mass is 237 g/mol.